The summed E-state index contributed by atoms with van der Waals surface area (Å²) in [4.78, 5) is 13.2. The molecule has 1 aliphatic heterocycles. The van der Waals surface area contributed by atoms with Gasteiger partial charge in [-0.2, -0.15) is 0 Å². The van der Waals surface area contributed by atoms with Crippen molar-refractivity contribution in [1.29, 1.82) is 0 Å². The summed E-state index contributed by atoms with van der Waals surface area (Å²) in [6, 6.07) is 8.14. The monoisotopic (exact) mass is 277 g/mol. The molecule has 0 amide bonds. The van der Waals surface area contributed by atoms with Crippen molar-refractivity contribution < 1.29 is 14.6 Å². The van der Waals surface area contributed by atoms with Gasteiger partial charge < -0.3 is 14.7 Å². The van der Waals surface area contributed by atoms with E-state index in [1.165, 1.54) is 5.69 Å². The number of benzene rings is 1. The molecule has 4 nitrogen and oxygen atoms in total. The molecule has 1 aromatic rings. The average Bonchev–Trinajstić information content (AvgIpc) is 2.88. The highest BCUT2D eigenvalue weighted by atomic mass is 16.5. The van der Waals surface area contributed by atoms with E-state index in [0.717, 1.165) is 31.7 Å². The molecule has 2 unspecified atom stereocenters. The zero-order chi connectivity index (χ0) is 14.5. The fraction of sp³-hybridized carbons (Fsp3) is 0.562. The number of carboxylic acid groups (broad SMARTS) is 1. The first-order valence-corrected chi connectivity index (χ1v) is 7.30. The predicted octanol–water partition coefficient (Wildman–Crippen LogP) is 3.02. The quantitative estimate of drug-likeness (QED) is 0.868. The Morgan fingerprint density at radius 3 is 2.75 bits per heavy atom. The maximum absolute atomic E-state index is 10.9. The predicted molar refractivity (Wildman–Crippen MR) is 79.3 cm³/mol. The number of rotatable bonds is 6. The van der Waals surface area contributed by atoms with Gasteiger partial charge in [0.05, 0.1) is 12.5 Å². The van der Waals surface area contributed by atoms with Crippen LogP contribution in [0.4, 0.5) is 5.69 Å². The van der Waals surface area contributed by atoms with E-state index < -0.39 is 5.97 Å². The normalized spacial score (nSPS) is 19.9. The van der Waals surface area contributed by atoms with Crippen LogP contribution in [-0.4, -0.2) is 30.8 Å². The molecule has 0 bridgehead atoms. The maximum atomic E-state index is 10.9. The van der Waals surface area contributed by atoms with E-state index in [1.54, 1.807) is 6.92 Å². The van der Waals surface area contributed by atoms with E-state index in [4.69, 9.17) is 9.84 Å². The zero-order valence-corrected chi connectivity index (χ0v) is 12.2. The van der Waals surface area contributed by atoms with Crippen molar-refractivity contribution in [3.8, 4) is 5.75 Å². The highest BCUT2D eigenvalue weighted by Crippen LogP contribution is 2.29. The lowest BCUT2D eigenvalue weighted by Gasteiger charge is -2.19. The molecule has 20 heavy (non-hydrogen) atoms. The molecule has 0 spiro atoms. The van der Waals surface area contributed by atoms with Gasteiger partial charge in [-0.05, 0) is 49.9 Å². The Bertz CT molecular complexity index is 444. The number of anilines is 1. The lowest BCUT2D eigenvalue weighted by atomic mass is 9.95. The molecular weight excluding hydrogens is 254 g/mol. The SMILES string of the molecule is CCOc1ccc(N2CCC(CC(C)C(=O)O)C2)cc1. The molecule has 1 saturated heterocycles. The van der Waals surface area contributed by atoms with Crippen LogP contribution in [0.3, 0.4) is 0 Å². The van der Waals surface area contributed by atoms with Gasteiger partial charge in [0.2, 0.25) is 0 Å². The molecule has 2 rings (SSSR count). The molecule has 110 valence electrons. The molecular formula is C16H23NO3. The van der Waals surface area contributed by atoms with Crippen LogP contribution in [0.25, 0.3) is 0 Å². The third kappa shape index (κ3) is 3.65. The summed E-state index contributed by atoms with van der Waals surface area (Å²) in [5.74, 6) is 0.434. The topological polar surface area (TPSA) is 49.8 Å². The largest absolute Gasteiger partial charge is 0.494 e. The van der Waals surface area contributed by atoms with E-state index in [2.05, 4.69) is 17.0 Å². The fourth-order valence-corrected chi connectivity index (χ4v) is 2.78. The summed E-state index contributed by atoms with van der Waals surface area (Å²) >= 11 is 0. The number of ether oxygens (including phenoxy) is 1. The highest BCUT2D eigenvalue weighted by molar-refractivity contribution is 5.69. The van der Waals surface area contributed by atoms with Gasteiger partial charge >= 0.3 is 5.97 Å². The lowest BCUT2D eigenvalue weighted by molar-refractivity contribution is -0.141. The van der Waals surface area contributed by atoms with Crippen molar-refractivity contribution in [1.82, 2.24) is 0 Å². The molecule has 2 atom stereocenters. The van der Waals surface area contributed by atoms with Crippen LogP contribution in [0.1, 0.15) is 26.7 Å². The Kier molecular flexibility index (Phi) is 4.88. The molecule has 0 radical (unpaired) electrons. The van der Waals surface area contributed by atoms with E-state index >= 15 is 0 Å². The molecule has 1 fully saturated rings. The number of hydrogen-bond donors (Lipinski definition) is 1. The van der Waals surface area contributed by atoms with Gasteiger partial charge in [-0.25, -0.2) is 0 Å². The average molecular weight is 277 g/mol. The van der Waals surface area contributed by atoms with Crippen molar-refractivity contribution in [3.05, 3.63) is 24.3 Å². The second-order valence-electron chi connectivity index (χ2n) is 5.50. The van der Waals surface area contributed by atoms with Crippen LogP contribution in [-0.2, 0) is 4.79 Å². The Labute approximate surface area is 120 Å². The third-order valence-corrected chi connectivity index (χ3v) is 3.91. The second kappa shape index (κ2) is 6.64. The van der Waals surface area contributed by atoms with Crippen LogP contribution < -0.4 is 9.64 Å². The fourth-order valence-electron chi connectivity index (χ4n) is 2.78. The molecule has 1 heterocycles. The van der Waals surface area contributed by atoms with Crippen LogP contribution in [0, 0.1) is 11.8 Å². The number of hydrogen-bond acceptors (Lipinski definition) is 3. The van der Waals surface area contributed by atoms with Crippen molar-refractivity contribution >= 4 is 11.7 Å². The Balaban J connectivity index is 1.90. The van der Waals surface area contributed by atoms with Crippen molar-refractivity contribution in [2.24, 2.45) is 11.8 Å². The van der Waals surface area contributed by atoms with Gasteiger partial charge in [0, 0.05) is 18.8 Å². The molecule has 0 aromatic heterocycles. The number of carbonyl (C=O) groups is 1. The van der Waals surface area contributed by atoms with Gasteiger partial charge in [-0.15, -0.1) is 0 Å². The van der Waals surface area contributed by atoms with Crippen molar-refractivity contribution in [2.75, 3.05) is 24.6 Å². The minimum absolute atomic E-state index is 0.250. The Hall–Kier alpha value is -1.71. The standard InChI is InChI=1S/C16H23NO3/c1-3-20-15-6-4-14(5-7-15)17-9-8-13(11-17)10-12(2)16(18)19/h4-7,12-13H,3,8-11H2,1-2H3,(H,18,19). The molecule has 1 aliphatic rings. The lowest BCUT2D eigenvalue weighted by Crippen LogP contribution is -2.21. The third-order valence-electron chi connectivity index (χ3n) is 3.91. The minimum atomic E-state index is -0.690. The molecule has 0 aliphatic carbocycles. The summed E-state index contributed by atoms with van der Waals surface area (Å²) in [5, 5.41) is 8.98. The van der Waals surface area contributed by atoms with Crippen LogP contribution in [0.5, 0.6) is 5.75 Å². The van der Waals surface area contributed by atoms with E-state index in [1.807, 2.05) is 19.1 Å². The number of carboxylic acids is 1. The Morgan fingerprint density at radius 2 is 2.15 bits per heavy atom. The summed E-state index contributed by atoms with van der Waals surface area (Å²) in [6.07, 6.45) is 1.84. The smallest absolute Gasteiger partial charge is 0.306 e. The van der Waals surface area contributed by atoms with E-state index in [0.29, 0.717) is 12.5 Å². The van der Waals surface area contributed by atoms with Crippen LogP contribution in [0.2, 0.25) is 0 Å². The summed E-state index contributed by atoms with van der Waals surface area (Å²) < 4.78 is 5.44. The first-order valence-electron chi connectivity index (χ1n) is 7.30. The molecule has 1 N–H and O–H groups in total. The summed E-state index contributed by atoms with van der Waals surface area (Å²) in [6.45, 7) is 6.40. The maximum Gasteiger partial charge on any atom is 0.306 e. The highest BCUT2D eigenvalue weighted by Gasteiger charge is 2.26. The molecule has 1 aromatic carbocycles. The number of nitrogens with zero attached hydrogens (tertiary/aromatic N) is 1. The first-order chi connectivity index (χ1) is 9.60. The van der Waals surface area contributed by atoms with Gasteiger partial charge in [0.15, 0.2) is 0 Å². The first kappa shape index (κ1) is 14.7. The van der Waals surface area contributed by atoms with E-state index in [9.17, 15) is 4.79 Å². The zero-order valence-electron chi connectivity index (χ0n) is 12.2. The van der Waals surface area contributed by atoms with Gasteiger partial charge in [0.1, 0.15) is 5.75 Å². The summed E-state index contributed by atoms with van der Waals surface area (Å²) in [5.41, 5.74) is 1.19. The molecule has 0 saturated carbocycles. The molecule has 4 heteroatoms. The van der Waals surface area contributed by atoms with Crippen molar-refractivity contribution in [2.45, 2.75) is 26.7 Å². The van der Waals surface area contributed by atoms with Crippen molar-refractivity contribution in [3.63, 3.8) is 0 Å². The van der Waals surface area contributed by atoms with E-state index in [-0.39, 0.29) is 5.92 Å². The Morgan fingerprint density at radius 1 is 1.45 bits per heavy atom. The van der Waals surface area contributed by atoms with Gasteiger partial charge in [-0.3, -0.25) is 4.79 Å². The number of aliphatic carboxylic acids is 1. The summed E-state index contributed by atoms with van der Waals surface area (Å²) in [7, 11) is 0. The van der Waals surface area contributed by atoms with Gasteiger partial charge in [-0.1, -0.05) is 6.92 Å². The van der Waals surface area contributed by atoms with Crippen LogP contribution in [0.15, 0.2) is 24.3 Å². The second-order valence-corrected chi connectivity index (χ2v) is 5.50. The minimum Gasteiger partial charge on any atom is -0.494 e. The van der Waals surface area contributed by atoms with Crippen LogP contribution >= 0.6 is 0 Å². The van der Waals surface area contributed by atoms with Gasteiger partial charge in [0.25, 0.3) is 0 Å².